The Morgan fingerprint density at radius 3 is 2.24 bits per heavy atom. The third-order valence-electron chi connectivity index (χ3n) is 2.54. The molecule has 0 saturated carbocycles. The lowest BCUT2D eigenvalue weighted by molar-refractivity contribution is 1.50. The van der Waals surface area contributed by atoms with Crippen LogP contribution in [-0.2, 0) is 0 Å². The molecule has 1 nitrogen and oxygen atoms in total. The van der Waals surface area contributed by atoms with Gasteiger partial charge in [0.25, 0.3) is 0 Å². The molecule has 2 heteroatoms. The standard InChI is InChI=1S/C15H14ClN/c1-17-14-9-7-13(8-10-14)15(16)11-12-5-3-2-4-6-12/h2-11,17H,1H3. The molecule has 0 aliphatic heterocycles. The molecular formula is C15H14ClN. The van der Waals surface area contributed by atoms with Crippen LogP contribution in [0.15, 0.2) is 54.6 Å². The van der Waals surface area contributed by atoms with Gasteiger partial charge in [0.15, 0.2) is 0 Å². The van der Waals surface area contributed by atoms with Gasteiger partial charge in [0.05, 0.1) is 0 Å². The second-order valence-electron chi connectivity index (χ2n) is 3.73. The van der Waals surface area contributed by atoms with Gasteiger partial charge in [-0.15, -0.1) is 0 Å². The van der Waals surface area contributed by atoms with Crippen molar-refractivity contribution in [2.24, 2.45) is 0 Å². The first-order chi connectivity index (χ1) is 8.29. The van der Waals surface area contributed by atoms with E-state index in [9.17, 15) is 0 Å². The van der Waals surface area contributed by atoms with Crippen molar-refractivity contribution in [3.05, 3.63) is 65.7 Å². The topological polar surface area (TPSA) is 12.0 Å². The van der Waals surface area contributed by atoms with E-state index in [0.29, 0.717) is 0 Å². The summed E-state index contributed by atoms with van der Waals surface area (Å²) < 4.78 is 0. The number of anilines is 1. The van der Waals surface area contributed by atoms with Crippen molar-refractivity contribution in [2.75, 3.05) is 12.4 Å². The molecule has 0 spiro atoms. The van der Waals surface area contributed by atoms with E-state index in [4.69, 9.17) is 11.6 Å². The van der Waals surface area contributed by atoms with Crippen molar-refractivity contribution in [3.8, 4) is 0 Å². The van der Waals surface area contributed by atoms with Gasteiger partial charge in [-0.2, -0.15) is 0 Å². The minimum Gasteiger partial charge on any atom is -0.388 e. The van der Waals surface area contributed by atoms with Crippen LogP contribution in [0.4, 0.5) is 5.69 Å². The maximum atomic E-state index is 6.28. The summed E-state index contributed by atoms with van der Waals surface area (Å²) in [5, 5.41) is 3.83. The molecule has 2 aromatic rings. The average Bonchev–Trinajstić information content (AvgIpc) is 2.40. The Kier molecular flexibility index (Phi) is 3.84. The molecule has 0 atom stereocenters. The monoisotopic (exact) mass is 243 g/mol. The molecule has 0 aliphatic carbocycles. The third kappa shape index (κ3) is 3.11. The summed E-state index contributed by atoms with van der Waals surface area (Å²) in [4.78, 5) is 0. The minimum atomic E-state index is 0.749. The number of benzene rings is 2. The van der Waals surface area contributed by atoms with Gasteiger partial charge in [-0.1, -0.05) is 54.1 Å². The molecule has 0 aliphatic rings. The van der Waals surface area contributed by atoms with E-state index in [1.165, 1.54) is 0 Å². The summed E-state index contributed by atoms with van der Waals surface area (Å²) >= 11 is 6.28. The molecule has 0 fully saturated rings. The van der Waals surface area contributed by atoms with Crippen LogP contribution >= 0.6 is 11.6 Å². The Morgan fingerprint density at radius 1 is 1.00 bits per heavy atom. The van der Waals surface area contributed by atoms with Crippen LogP contribution in [0.2, 0.25) is 0 Å². The smallest absolute Gasteiger partial charge is 0.0484 e. The molecule has 0 unspecified atom stereocenters. The van der Waals surface area contributed by atoms with Crippen molar-refractivity contribution >= 4 is 28.4 Å². The fraction of sp³-hybridized carbons (Fsp3) is 0.0667. The maximum absolute atomic E-state index is 6.28. The van der Waals surface area contributed by atoms with E-state index in [1.807, 2.05) is 67.7 Å². The summed E-state index contributed by atoms with van der Waals surface area (Å²) in [6.45, 7) is 0. The number of nitrogens with one attached hydrogen (secondary N) is 1. The lowest BCUT2D eigenvalue weighted by Gasteiger charge is -2.03. The molecule has 2 rings (SSSR count). The van der Waals surface area contributed by atoms with Crippen LogP contribution in [0, 0.1) is 0 Å². The summed E-state index contributed by atoms with van der Waals surface area (Å²) in [5.41, 5.74) is 3.21. The predicted molar refractivity (Wildman–Crippen MR) is 76.2 cm³/mol. The minimum absolute atomic E-state index is 0.749. The lowest BCUT2D eigenvalue weighted by atomic mass is 10.1. The fourth-order valence-corrected chi connectivity index (χ4v) is 1.83. The van der Waals surface area contributed by atoms with Gasteiger partial charge in [0, 0.05) is 17.8 Å². The van der Waals surface area contributed by atoms with Crippen LogP contribution in [-0.4, -0.2) is 7.05 Å². The molecular weight excluding hydrogens is 230 g/mol. The Balaban J connectivity index is 2.24. The SMILES string of the molecule is CNc1ccc(C(Cl)=Cc2ccccc2)cc1. The van der Waals surface area contributed by atoms with Crippen molar-refractivity contribution < 1.29 is 0 Å². The quantitative estimate of drug-likeness (QED) is 0.785. The van der Waals surface area contributed by atoms with Crippen molar-refractivity contribution in [2.45, 2.75) is 0 Å². The number of hydrogen-bond acceptors (Lipinski definition) is 1. The number of hydrogen-bond donors (Lipinski definition) is 1. The molecule has 0 bridgehead atoms. The first-order valence-corrected chi connectivity index (χ1v) is 5.88. The van der Waals surface area contributed by atoms with Crippen LogP contribution < -0.4 is 5.32 Å². The Hall–Kier alpha value is -1.73. The van der Waals surface area contributed by atoms with Gasteiger partial charge in [-0.05, 0) is 29.3 Å². The van der Waals surface area contributed by atoms with Crippen LogP contribution in [0.25, 0.3) is 11.1 Å². The van der Waals surface area contributed by atoms with Gasteiger partial charge in [0.1, 0.15) is 0 Å². The molecule has 17 heavy (non-hydrogen) atoms. The van der Waals surface area contributed by atoms with E-state index in [2.05, 4.69) is 5.32 Å². The zero-order valence-electron chi connectivity index (χ0n) is 9.65. The molecule has 86 valence electrons. The van der Waals surface area contributed by atoms with Crippen molar-refractivity contribution in [1.82, 2.24) is 0 Å². The molecule has 2 aromatic carbocycles. The zero-order valence-corrected chi connectivity index (χ0v) is 10.4. The van der Waals surface area contributed by atoms with Gasteiger partial charge in [0.2, 0.25) is 0 Å². The lowest BCUT2D eigenvalue weighted by Crippen LogP contribution is -1.87. The predicted octanol–water partition coefficient (Wildman–Crippen LogP) is 4.47. The molecule has 1 N–H and O–H groups in total. The second kappa shape index (κ2) is 5.55. The highest BCUT2D eigenvalue weighted by atomic mass is 35.5. The van der Waals surface area contributed by atoms with Crippen LogP contribution in [0.1, 0.15) is 11.1 Å². The molecule has 0 amide bonds. The largest absolute Gasteiger partial charge is 0.388 e. The summed E-state index contributed by atoms with van der Waals surface area (Å²) in [7, 11) is 1.90. The fourth-order valence-electron chi connectivity index (χ4n) is 1.58. The van der Waals surface area contributed by atoms with Gasteiger partial charge < -0.3 is 5.32 Å². The summed E-state index contributed by atoms with van der Waals surface area (Å²) in [5.74, 6) is 0. The Labute approximate surface area is 107 Å². The molecule has 0 heterocycles. The van der Waals surface area contributed by atoms with Gasteiger partial charge >= 0.3 is 0 Å². The third-order valence-corrected chi connectivity index (χ3v) is 2.87. The first kappa shape index (κ1) is 11.7. The molecule has 0 saturated heterocycles. The normalized spacial score (nSPS) is 11.3. The average molecular weight is 244 g/mol. The van der Waals surface area contributed by atoms with Crippen molar-refractivity contribution in [1.29, 1.82) is 0 Å². The number of rotatable bonds is 3. The Bertz CT molecular complexity index is 500. The van der Waals surface area contributed by atoms with Crippen LogP contribution in [0.5, 0.6) is 0 Å². The Morgan fingerprint density at radius 2 is 1.65 bits per heavy atom. The maximum Gasteiger partial charge on any atom is 0.0484 e. The van der Waals surface area contributed by atoms with Crippen LogP contribution in [0.3, 0.4) is 0 Å². The highest BCUT2D eigenvalue weighted by Gasteiger charge is 1.98. The highest BCUT2D eigenvalue weighted by Crippen LogP contribution is 2.23. The second-order valence-corrected chi connectivity index (χ2v) is 4.14. The summed E-state index contributed by atoms with van der Waals surface area (Å²) in [6.07, 6.45) is 1.97. The van der Waals surface area contributed by atoms with Crippen molar-refractivity contribution in [3.63, 3.8) is 0 Å². The first-order valence-electron chi connectivity index (χ1n) is 5.50. The summed E-state index contributed by atoms with van der Waals surface area (Å²) in [6, 6.07) is 18.1. The van der Waals surface area contributed by atoms with Gasteiger partial charge in [-0.25, -0.2) is 0 Å². The van der Waals surface area contributed by atoms with E-state index >= 15 is 0 Å². The van der Waals surface area contributed by atoms with E-state index in [0.717, 1.165) is 21.8 Å². The van der Waals surface area contributed by atoms with Gasteiger partial charge in [-0.3, -0.25) is 0 Å². The molecule has 0 radical (unpaired) electrons. The number of halogens is 1. The van der Waals surface area contributed by atoms with E-state index < -0.39 is 0 Å². The molecule has 0 aromatic heterocycles. The van der Waals surface area contributed by atoms with E-state index in [1.54, 1.807) is 0 Å². The van der Waals surface area contributed by atoms with E-state index in [-0.39, 0.29) is 0 Å². The zero-order chi connectivity index (χ0) is 12.1. The highest BCUT2D eigenvalue weighted by molar-refractivity contribution is 6.51.